The van der Waals surface area contributed by atoms with E-state index in [2.05, 4.69) is 0 Å². The summed E-state index contributed by atoms with van der Waals surface area (Å²) in [6.45, 7) is 7.29. The summed E-state index contributed by atoms with van der Waals surface area (Å²) in [5, 5.41) is 22.3. The minimum atomic E-state index is -0.489. The molecule has 3 aromatic rings. The highest BCUT2D eigenvalue weighted by molar-refractivity contribution is 5.74. The van der Waals surface area contributed by atoms with Gasteiger partial charge in [0.25, 0.3) is 11.4 Å². The van der Waals surface area contributed by atoms with Crippen molar-refractivity contribution in [2.75, 3.05) is 0 Å². The lowest BCUT2D eigenvalue weighted by atomic mass is 10.1. The Balaban J connectivity index is 2.06. The monoisotopic (exact) mass is 426 g/mol. The molecule has 3 rings (SSSR count). The van der Waals surface area contributed by atoms with Crippen LogP contribution >= 0.6 is 0 Å². The van der Waals surface area contributed by atoms with Gasteiger partial charge >= 0.3 is 0 Å². The molecule has 1 heterocycles. The first-order valence-electron chi connectivity index (χ1n) is 9.66. The van der Waals surface area contributed by atoms with Gasteiger partial charge in [0.1, 0.15) is 23.0 Å². The molecule has 0 amide bonds. The third kappa shape index (κ3) is 5.00. The predicted octanol–water partition coefficient (Wildman–Crippen LogP) is 6.00. The molecule has 9 nitrogen and oxygen atoms in total. The molecule has 0 spiro atoms. The van der Waals surface area contributed by atoms with Crippen LogP contribution in [-0.4, -0.2) is 22.1 Å². The summed E-state index contributed by atoms with van der Waals surface area (Å²) in [6, 6.07) is 12.0. The molecule has 0 aliphatic carbocycles. The van der Waals surface area contributed by atoms with Crippen LogP contribution in [0.5, 0.6) is 11.5 Å². The van der Waals surface area contributed by atoms with Crippen molar-refractivity contribution >= 4 is 11.4 Å². The molecular formula is C22H22N2O7. The van der Waals surface area contributed by atoms with E-state index in [1.165, 1.54) is 24.3 Å². The zero-order valence-electron chi connectivity index (χ0n) is 17.5. The van der Waals surface area contributed by atoms with E-state index in [1.54, 1.807) is 24.3 Å². The fourth-order valence-corrected chi connectivity index (χ4v) is 2.99. The van der Waals surface area contributed by atoms with Crippen molar-refractivity contribution in [1.82, 2.24) is 0 Å². The number of furan rings is 1. The van der Waals surface area contributed by atoms with Gasteiger partial charge in [-0.2, -0.15) is 0 Å². The van der Waals surface area contributed by atoms with Gasteiger partial charge in [-0.05, 0) is 52.0 Å². The van der Waals surface area contributed by atoms with Crippen molar-refractivity contribution in [2.45, 2.75) is 39.9 Å². The number of nitro groups is 2. The highest BCUT2D eigenvalue weighted by atomic mass is 16.6. The smallest absolute Gasteiger partial charge is 0.273 e. The molecule has 2 aromatic carbocycles. The number of ether oxygens (including phenoxy) is 2. The second-order valence-corrected chi connectivity index (χ2v) is 7.37. The number of nitrogens with zero attached hydrogens (tertiary/aromatic N) is 2. The minimum Gasteiger partial charge on any atom is -0.490 e. The van der Waals surface area contributed by atoms with Crippen molar-refractivity contribution in [1.29, 1.82) is 0 Å². The highest BCUT2D eigenvalue weighted by Crippen LogP contribution is 2.40. The molecule has 1 aromatic heterocycles. The first-order chi connectivity index (χ1) is 14.7. The van der Waals surface area contributed by atoms with E-state index in [0.717, 1.165) is 0 Å². The van der Waals surface area contributed by atoms with Gasteiger partial charge in [0, 0.05) is 12.1 Å². The van der Waals surface area contributed by atoms with Gasteiger partial charge in [-0.25, -0.2) is 0 Å². The molecule has 0 saturated heterocycles. The third-order valence-corrected chi connectivity index (χ3v) is 4.21. The minimum absolute atomic E-state index is 0.0887. The van der Waals surface area contributed by atoms with E-state index < -0.39 is 9.85 Å². The van der Waals surface area contributed by atoms with Gasteiger partial charge < -0.3 is 13.9 Å². The van der Waals surface area contributed by atoms with Crippen LogP contribution in [-0.2, 0) is 0 Å². The van der Waals surface area contributed by atoms with Crippen LogP contribution < -0.4 is 9.47 Å². The maximum Gasteiger partial charge on any atom is 0.273 e. The lowest BCUT2D eigenvalue weighted by Crippen LogP contribution is -2.07. The van der Waals surface area contributed by atoms with Crippen LogP contribution in [0.3, 0.4) is 0 Å². The molecule has 0 atom stereocenters. The van der Waals surface area contributed by atoms with Crippen molar-refractivity contribution in [3.8, 4) is 34.1 Å². The number of benzene rings is 2. The average Bonchev–Trinajstić information content (AvgIpc) is 3.16. The predicted molar refractivity (Wildman–Crippen MR) is 114 cm³/mol. The topological polar surface area (TPSA) is 118 Å². The maximum absolute atomic E-state index is 11.1. The summed E-state index contributed by atoms with van der Waals surface area (Å²) in [5.74, 6) is 1.53. The molecule has 0 saturated carbocycles. The van der Waals surface area contributed by atoms with Crippen LogP contribution in [0.25, 0.3) is 22.6 Å². The van der Waals surface area contributed by atoms with Crippen LogP contribution in [0.4, 0.5) is 11.4 Å². The zero-order valence-corrected chi connectivity index (χ0v) is 17.5. The van der Waals surface area contributed by atoms with Gasteiger partial charge in [0.05, 0.1) is 45.3 Å². The fraction of sp³-hybridized carbons (Fsp3) is 0.273. The van der Waals surface area contributed by atoms with E-state index >= 15 is 0 Å². The normalized spacial score (nSPS) is 11.0. The van der Waals surface area contributed by atoms with Crippen LogP contribution in [0.2, 0.25) is 0 Å². The first kappa shape index (κ1) is 21.8. The van der Waals surface area contributed by atoms with E-state index in [9.17, 15) is 20.2 Å². The second kappa shape index (κ2) is 8.86. The Morgan fingerprint density at radius 2 is 1.10 bits per heavy atom. The van der Waals surface area contributed by atoms with Crippen molar-refractivity contribution in [3.63, 3.8) is 0 Å². The Morgan fingerprint density at radius 3 is 1.42 bits per heavy atom. The SMILES string of the molecule is CC(C)Oc1cc([N+](=O)[O-])ccc1-c1ccc(-c2ccc([N+](=O)[O-])cc2OC(C)C)o1. The summed E-state index contributed by atoms with van der Waals surface area (Å²) in [7, 11) is 0. The number of nitro benzene ring substituents is 2. The summed E-state index contributed by atoms with van der Waals surface area (Å²) in [5.41, 5.74) is 0.931. The fourth-order valence-electron chi connectivity index (χ4n) is 2.99. The van der Waals surface area contributed by atoms with E-state index in [0.29, 0.717) is 34.1 Å². The van der Waals surface area contributed by atoms with Crippen molar-refractivity contribution < 1.29 is 23.7 Å². The molecule has 162 valence electrons. The van der Waals surface area contributed by atoms with Crippen LogP contribution in [0.15, 0.2) is 52.9 Å². The Morgan fingerprint density at radius 1 is 0.710 bits per heavy atom. The molecule has 0 bridgehead atoms. The van der Waals surface area contributed by atoms with E-state index in [1.807, 2.05) is 27.7 Å². The molecule has 9 heteroatoms. The molecule has 0 N–H and O–H groups in total. The Bertz CT molecular complexity index is 1030. The summed E-state index contributed by atoms with van der Waals surface area (Å²) in [6.07, 6.45) is -0.396. The van der Waals surface area contributed by atoms with Crippen molar-refractivity contribution in [3.05, 3.63) is 68.8 Å². The molecular weight excluding hydrogens is 404 g/mol. The third-order valence-electron chi connectivity index (χ3n) is 4.21. The first-order valence-corrected chi connectivity index (χ1v) is 9.66. The van der Waals surface area contributed by atoms with Crippen LogP contribution in [0, 0.1) is 20.2 Å². The Hall–Kier alpha value is -3.88. The lowest BCUT2D eigenvalue weighted by Gasteiger charge is -2.14. The Labute approximate surface area is 178 Å². The molecule has 0 aliphatic rings. The van der Waals surface area contributed by atoms with Gasteiger partial charge in [0.15, 0.2) is 0 Å². The summed E-state index contributed by atoms with van der Waals surface area (Å²) < 4.78 is 17.5. The Kier molecular flexibility index (Phi) is 6.24. The average molecular weight is 426 g/mol. The van der Waals surface area contributed by atoms with Crippen molar-refractivity contribution in [2.24, 2.45) is 0 Å². The van der Waals surface area contributed by atoms with Gasteiger partial charge in [-0.15, -0.1) is 0 Å². The van der Waals surface area contributed by atoms with Crippen LogP contribution in [0.1, 0.15) is 27.7 Å². The molecule has 0 fully saturated rings. The zero-order chi connectivity index (χ0) is 22.7. The number of hydrogen-bond donors (Lipinski definition) is 0. The molecule has 0 aliphatic heterocycles. The second-order valence-electron chi connectivity index (χ2n) is 7.37. The van der Waals surface area contributed by atoms with E-state index in [4.69, 9.17) is 13.9 Å². The number of rotatable bonds is 8. The lowest BCUT2D eigenvalue weighted by molar-refractivity contribution is -0.385. The summed E-state index contributed by atoms with van der Waals surface area (Å²) >= 11 is 0. The van der Waals surface area contributed by atoms with Gasteiger partial charge in [-0.3, -0.25) is 20.2 Å². The summed E-state index contributed by atoms with van der Waals surface area (Å²) in [4.78, 5) is 21.3. The van der Waals surface area contributed by atoms with E-state index in [-0.39, 0.29) is 23.6 Å². The number of non-ortho nitro benzene ring substituents is 2. The molecule has 0 radical (unpaired) electrons. The molecule has 0 unspecified atom stereocenters. The molecule has 31 heavy (non-hydrogen) atoms. The van der Waals surface area contributed by atoms with Gasteiger partial charge in [0.2, 0.25) is 0 Å². The largest absolute Gasteiger partial charge is 0.490 e. The standard InChI is InChI=1S/C22H22N2O7/c1-13(2)29-21-11-15(23(25)26)5-7-17(21)19-9-10-20(31-19)18-8-6-16(24(27)28)12-22(18)30-14(3)4/h5-14H,1-4H3. The maximum atomic E-state index is 11.1. The number of hydrogen-bond acceptors (Lipinski definition) is 7. The highest BCUT2D eigenvalue weighted by Gasteiger charge is 2.20. The quantitative estimate of drug-likeness (QED) is 0.320. The van der Waals surface area contributed by atoms with Gasteiger partial charge in [-0.1, -0.05) is 0 Å².